The van der Waals surface area contributed by atoms with Crippen molar-refractivity contribution in [3.8, 4) is 5.75 Å². The molecule has 0 unspecified atom stereocenters. The van der Waals surface area contributed by atoms with Crippen LogP contribution in [0.2, 0.25) is 5.02 Å². The maximum atomic E-state index is 5.92. The summed E-state index contributed by atoms with van der Waals surface area (Å²) in [5.74, 6) is 0.726. The van der Waals surface area contributed by atoms with Crippen LogP contribution in [0.25, 0.3) is 0 Å². The summed E-state index contributed by atoms with van der Waals surface area (Å²) in [4.78, 5) is 0. The summed E-state index contributed by atoms with van der Waals surface area (Å²) in [5, 5.41) is 3.65. The minimum absolute atomic E-state index is 0.623. The quantitative estimate of drug-likeness (QED) is 0.782. The Balaban J connectivity index is 3.02. The van der Waals surface area contributed by atoms with Gasteiger partial charge in [-0.3, -0.25) is 0 Å². The van der Waals surface area contributed by atoms with Crippen molar-refractivity contribution in [1.82, 2.24) is 0 Å². The van der Waals surface area contributed by atoms with Crippen molar-refractivity contribution < 1.29 is 4.74 Å². The molecule has 0 fully saturated rings. The number of halogens is 1. The van der Waals surface area contributed by atoms with Gasteiger partial charge in [-0.15, -0.1) is 0 Å². The minimum atomic E-state index is 0.623. The van der Waals surface area contributed by atoms with E-state index in [9.17, 15) is 0 Å². The molecule has 0 amide bonds. The molecule has 1 aromatic rings. The van der Waals surface area contributed by atoms with Crippen LogP contribution in [0.15, 0.2) is 18.2 Å². The van der Waals surface area contributed by atoms with Crippen molar-refractivity contribution >= 4 is 17.3 Å². The van der Waals surface area contributed by atoms with Gasteiger partial charge in [0.2, 0.25) is 0 Å². The average molecular weight is 186 g/mol. The molecule has 1 N–H and O–H groups in total. The first-order valence-electron chi connectivity index (χ1n) is 3.88. The monoisotopic (exact) mass is 185 g/mol. The van der Waals surface area contributed by atoms with Gasteiger partial charge >= 0.3 is 0 Å². The molecule has 0 saturated heterocycles. The van der Waals surface area contributed by atoms with Gasteiger partial charge < -0.3 is 10.1 Å². The number of hydrogen-bond donors (Lipinski definition) is 1. The zero-order chi connectivity index (χ0) is 8.97. The van der Waals surface area contributed by atoms with Gasteiger partial charge in [0.25, 0.3) is 0 Å². The van der Waals surface area contributed by atoms with E-state index in [0.717, 1.165) is 11.4 Å². The van der Waals surface area contributed by atoms with Crippen molar-refractivity contribution in [3.05, 3.63) is 23.2 Å². The number of rotatable bonds is 3. The Morgan fingerprint density at radius 3 is 2.83 bits per heavy atom. The third kappa shape index (κ3) is 1.83. The molecule has 0 atom stereocenters. The zero-order valence-corrected chi connectivity index (χ0v) is 7.98. The SMILES string of the molecule is CCOc1c(Cl)cccc1NC. The predicted octanol–water partition coefficient (Wildman–Crippen LogP) is 2.78. The normalized spacial score (nSPS) is 9.58. The van der Waals surface area contributed by atoms with Gasteiger partial charge in [-0.1, -0.05) is 17.7 Å². The molecule has 66 valence electrons. The Bertz CT molecular complexity index is 263. The fourth-order valence-corrected chi connectivity index (χ4v) is 1.23. The first-order chi connectivity index (χ1) is 5.79. The smallest absolute Gasteiger partial charge is 0.160 e. The summed E-state index contributed by atoms with van der Waals surface area (Å²) >= 11 is 5.92. The molecule has 0 bridgehead atoms. The second-order valence-corrected chi connectivity index (χ2v) is 2.71. The van der Waals surface area contributed by atoms with Crippen LogP contribution < -0.4 is 10.1 Å². The van der Waals surface area contributed by atoms with E-state index in [1.807, 2.05) is 32.2 Å². The van der Waals surface area contributed by atoms with E-state index in [4.69, 9.17) is 16.3 Å². The lowest BCUT2D eigenvalue weighted by Crippen LogP contribution is -1.97. The molecule has 12 heavy (non-hydrogen) atoms. The molecule has 0 aromatic heterocycles. The Kier molecular flexibility index (Phi) is 3.23. The Labute approximate surface area is 77.5 Å². The highest BCUT2D eigenvalue weighted by molar-refractivity contribution is 6.32. The van der Waals surface area contributed by atoms with Crippen molar-refractivity contribution in [2.24, 2.45) is 0 Å². The van der Waals surface area contributed by atoms with Crippen LogP contribution in [0, 0.1) is 0 Å². The fourth-order valence-electron chi connectivity index (χ4n) is 0.997. The van der Waals surface area contributed by atoms with Crippen molar-refractivity contribution in [1.29, 1.82) is 0 Å². The molecule has 1 rings (SSSR count). The molecular formula is C9H12ClNO. The van der Waals surface area contributed by atoms with Crippen LogP contribution in [0.3, 0.4) is 0 Å². The number of hydrogen-bond acceptors (Lipinski definition) is 2. The van der Waals surface area contributed by atoms with Crippen molar-refractivity contribution in [3.63, 3.8) is 0 Å². The van der Waals surface area contributed by atoms with E-state index in [0.29, 0.717) is 11.6 Å². The van der Waals surface area contributed by atoms with E-state index in [-0.39, 0.29) is 0 Å². The second-order valence-electron chi connectivity index (χ2n) is 2.30. The molecule has 0 spiro atoms. The standard InChI is InChI=1S/C9H12ClNO/c1-3-12-9-7(10)5-4-6-8(9)11-2/h4-6,11H,3H2,1-2H3. The van der Waals surface area contributed by atoms with Gasteiger partial charge in [0, 0.05) is 7.05 Å². The number of anilines is 1. The highest BCUT2D eigenvalue weighted by atomic mass is 35.5. The lowest BCUT2D eigenvalue weighted by molar-refractivity contribution is 0.342. The molecule has 0 aliphatic carbocycles. The third-order valence-corrected chi connectivity index (χ3v) is 1.82. The molecule has 0 radical (unpaired) electrons. The summed E-state index contributed by atoms with van der Waals surface area (Å²) in [6.07, 6.45) is 0. The van der Waals surface area contributed by atoms with E-state index in [1.54, 1.807) is 0 Å². The Hall–Kier alpha value is -0.890. The summed E-state index contributed by atoms with van der Waals surface area (Å²) < 4.78 is 5.36. The van der Waals surface area contributed by atoms with Gasteiger partial charge in [0.15, 0.2) is 5.75 Å². The average Bonchev–Trinajstić information content (AvgIpc) is 2.09. The molecule has 2 nitrogen and oxygen atoms in total. The molecular weight excluding hydrogens is 174 g/mol. The Morgan fingerprint density at radius 2 is 2.25 bits per heavy atom. The largest absolute Gasteiger partial charge is 0.490 e. The molecule has 0 heterocycles. The summed E-state index contributed by atoms with van der Waals surface area (Å²) in [6.45, 7) is 2.56. The molecule has 0 aliphatic heterocycles. The molecule has 0 aliphatic rings. The third-order valence-electron chi connectivity index (χ3n) is 1.52. The highest BCUT2D eigenvalue weighted by Crippen LogP contribution is 2.32. The zero-order valence-electron chi connectivity index (χ0n) is 7.23. The second kappa shape index (κ2) is 4.21. The maximum Gasteiger partial charge on any atom is 0.160 e. The highest BCUT2D eigenvalue weighted by Gasteiger charge is 2.04. The van der Waals surface area contributed by atoms with Crippen molar-refractivity contribution in [2.45, 2.75) is 6.92 Å². The number of benzene rings is 1. The lowest BCUT2D eigenvalue weighted by Gasteiger charge is -2.10. The Morgan fingerprint density at radius 1 is 1.50 bits per heavy atom. The minimum Gasteiger partial charge on any atom is -0.490 e. The molecule has 3 heteroatoms. The van der Waals surface area contributed by atoms with Crippen LogP contribution in [0.1, 0.15) is 6.92 Å². The first kappa shape index (κ1) is 9.20. The fraction of sp³-hybridized carbons (Fsp3) is 0.333. The summed E-state index contributed by atoms with van der Waals surface area (Å²) in [7, 11) is 1.84. The van der Waals surface area contributed by atoms with Gasteiger partial charge in [-0.05, 0) is 19.1 Å². The number of nitrogens with one attached hydrogen (secondary N) is 1. The van der Waals surface area contributed by atoms with E-state index < -0.39 is 0 Å². The van der Waals surface area contributed by atoms with Gasteiger partial charge in [-0.25, -0.2) is 0 Å². The van der Waals surface area contributed by atoms with Crippen LogP contribution in [0.5, 0.6) is 5.75 Å². The van der Waals surface area contributed by atoms with Crippen LogP contribution in [0.4, 0.5) is 5.69 Å². The summed E-state index contributed by atoms with van der Waals surface area (Å²) in [5.41, 5.74) is 0.921. The van der Waals surface area contributed by atoms with Crippen LogP contribution in [-0.4, -0.2) is 13.7 Å². The van der Waals surface area contributed by atoms with E-state index in [1.165, 1.54) is 0 Å². The number of para-hydroxylation sites is 1. The van der Waals surface area contributed by atoms with Crippen LogP contribution in [-0.2, 0) is 0 Å². The molecule has 1 aromatic carbocycles. The first-order valence-corrected chi connectivity index (χ1v) is 4.26. The van der Waals surface area contributed by atoms with E-state index >= 15 is 0 Å². The summed E-state index contributed by atoms with van der Waals surface area (Å²) in [6, 6.07) is 5.63. The van der Waals surface area contributed by atoms with Crippen LogP contribution >= 0.6 is 11.6 Å². The van der Waals surface area contributed by atoms with Crippen molar-refractivity contribution in [2.75, 3.05) is 19.0 Å². The lowest BCUT2D eigenvalue weighted by atomic mass is 10.3. The molecule has 0 saturated carbocycles. The van der Waals surface area contributed by atoms with E-state index in [2.05, 4.69) is 5.32 Å². The van der Waals surface area contributed by atoms with Gasteiger partial charge in [0.1, 0.15) is 0 Å². The predicted molar refractivity (Wildman–Crippen MR) is 52.2 cm³/mol. The number of ether oxygens (including phenoxy) is 1. The maximum absolute atomic E-state index is 5.92. The topological polar surface area (TPSA) is 21.3 Å². The van der Waals surface area contributed by atoms with Gasteiger partial charge in [0.05, 0.1) is 17.3 Å². The van der Waals surface area contributed by atoms with Gasteiger partial charge in [-0.2, -0.15) is 0 Å².